The maximum atomic E-state index is 12.4. The monoisotopic (exact) mass is 388 g/mol. The van der Waals surface area contributed by atoms with Gasteiger partial charge in [0, 0.05) is 5.56 Å². The summed E-state index contributed by atoms with van der Waals surface area (Å²) in [5.41, 5.74) is 0.842. The van der Waals surface area contributed by atoms with Crippen LogP contribution in [0.25, 0.3) is 0 Å². The second-order valence-corrected chi connectivity index (χ2v) is 9.20. The fourth-order valence-electron chi connectivity index (χ4n) is 3.92. The molecule has 0 radical (unpaired) electrons. The van der Waals surface area contributed by atoms with Gasteiger partial charge in [0.25, 0.3) is 0 Å². The minimum absolute atomic E-state index is 0.260. The normalized spacial score (nSPS) is 11.7. The van der Waals surface area contributed by atoms with Crippen LogP contribution in [-0.4, -0.2) is 37.5 Å². The highest BCUT2D eigenvalue weighted by Crippen LogP contribution is 2.14. The van der Waals surface area contributed by atoms with E-state index in [1.54, 1.807) is 0 Å². The summed E-state index contributed by atoms with van der Waals surface area (Å²) in [6.45, 7) is 3.98. The Morgan fingerprint density at radius 3 is 1.57 bits per heavy atom. The number of likely N-dealkylation sites (N-methyl/N-ethyl adjacent to an activating group) is 1. The molecule has 1 aromatic carbocycles. The van der Waals surface area contributed by atoms with E-state index in [1.165, 1.54) is 89.9 Å². The number of unbranched alkanes of at least 4 members (excludes halogenated alkanes) is 13. The standard InChI is InChI=1S/C26H46NO/c1-4-5-6-7-8-9-10-11-12-13-14-15-16-20-23-27(2,3)24-26(28)25-21-18-17-19-22-25/h17-19,21-22H,4-16,20,23-24H2,1-3H3/q+1. The molecule has 0 aromatic heterocycles. The van der Waals surface area contributed by atoms with Crippen molar-refractivity contribution in [2.75, 3.05) is 27.2 Å². The maximum Gasteiger partial charge on any atom is 0.216 e. The van der Waals surface area contributed by atoms with Crippen molar-refractivity contribution in [2.45, 2.75) is 96.8 Å². The Bertz CT molecular complexity index is 494. The Balaban J connectivity index is 1.94. The van der Waals surface area contributed by atoms with Gasteiger partial charge >= 0.3 is 0 Å². The minimum Gasteiger partial charge on any atom is -0.322 e. The van der Waals surface area contributed by atoms with Gasteiger partial charge in [-0.3, -0.25) is 4.79 Å². The van der Waals surface area contributed by atoms with Gasteiger partial charge in [-0.25, -0.2) is 0 Å². The van der Waals surface area contributed by atoms with E-state index in [4.69, 9.17) is 0 Å². The summed E-state index contributed by atoms with van der Waals surface area (Å²) in [7, 11) is 4.37. The predicted molar refractivity (Wildman–Crippen MR) is 123 cm³/mol. The summed E-state index contributed by atoms with van der Waals surface area (Å²) in [4.78, 5) is 12.4. The third-order valence-corrected chi connectivity index (χ3v) is 5.78. The van der Waals surface area contributed by atoms with E-state index >= 15 is 0 Å². The highest BCUT2D eigenvalue weighted by atomic mass is 16.1. The van der Waals surface area contributed by atoms with Crippen LogP contribution < -0.4 is 0 Å². The number of rotatable bonds is 18. The van der Waals surface area contributed by atoms with Gasteiger partial charge in [0.05, 0.1) is 20.6 Å². The summed E-state index contributed by atoms with van der Waals surface area (Å²) in [5, 5.41) is 0. The van der Waals surface area contributed by atoms with Crippen molar-refractivity contribution in [3.05, 3.63) is 35.9 Å². The fourth-order valence-corrected chi connectivity index (χ4v) is 3.92. The van der Waals surface area contributed by atoms with E-state index < -0.39 is 0 Å². The Morgan fingerprint density at radius 1 is 0.679 bits per heavy atom. The minimum atomic E-state index is 0.260. The fraction of sp³-hybridized carbons (Fsp3) is 0.731. The molecule has 160 valence electrons. The van der Waals surface area contributed by atoms with E-state index in [0.29, 0.717) is 6.54 Å². The van der Waals surface area contributed by atoms with Gasteiger partial charge in [0.1, 0.15) is 6.54 Å². The molecule has 0 heterocycles. The summed E-state index contributed by atoms with van der Waals surface area (Å²) < 4.78 is 0.798. The Morgan fingerprint density at radius 2 is 1.11 bits per heavy atom. The Kier molecular flexibility index (Phi) is 14.0. The molecule has 0 aliphatic heterocycles. The zero-order valence-corrected chi connectivity index (χ0v) is 19.1. The van der Waals surface area contributed by atoms with Gasteiger partial charge in [0.15, 0.2) is 0 Å². The average Bonchev–Trinajstić information content (AvgIpc) is 2.68. The van der Waals surface area contributed by atoms with Gasteiger partial charge in [-0.2, -0.15) is 0 Å². The first-order valence-electron chi connectivity index (χ1n) is 12.0. The summed E-state index contributed by atoms with van der Waals surface area (Å²) >= 11 is 0. The molecule has 1 rings (SSSR count). The molecule has 0 aliphatic carbocycles. The van der Waals surface area contributed by atoms with Crippen LogP contribution in [0.15, 0.2) is 30.3 Å². The van der Waals surface area contributed by atoms with Crippen molar-refractivity contribution >= 4 is 5.78 Å². The van der Waals surface area contributed by atoms with E-state index in [1.807, 2.05) is 30.3 Å². The maximum absolute atomic E-state index is 12.4. The van der Waals surface area contributed by atoms with Crippen molar-refractivity contribution in [3.8, 4) is 0 Å². The average molecular weight is 389 g/mol. The molecule has 0 fully saturated rings. The molecule has 0 aliphatic rings. The van der Waals surface area contributed by atoms with Crippen molar-refractivity contribution < 1.29 is 9.28 Å². The second kappa shape index (κ2) is 15.7. The molecule has 2 heteroatoms. The molecule has 2 nitrogen and oxygen atoms in total. The predicted octanol–water partition coefficient (Wildman–Crippen LogP) is 7.43. The molecule has 0 unspecified atom stereocenters. The number of quaternary nitrogens is 1. The largest absolute Gasteiger partial charge is 0.322 e. The zero-order valence-electron chi connectivity index (χ0n) is 19.1. The molecule has 28 heavy (non-hydrogen) atoms. The quantitative estimate of drug-likeness (QED) is 0.145. The van der Waals surface area contributed by atoms with E-state index in [-0.39, 0.29) is 5.78 Å². The number of nitrogens with zero attached hydrogens (tertiary/aromatic N) is 1. The SMILES string of the molecule is CCCCCCCCCCCCCCCC[N+](C)(C)CC(=O)c1ccccc1. The first-order valence-corrected chi connectivity index (χ1v) is 12.0. The molecule has 0 saturated heterocycles. The third kappa shape index (κ3) is 13.1. The summed E-state index contributed by atoms with van der Waals surface area (Å²) in [6, 6.07) is 9.71. The van der Waals surface area contributed by atoms with Gasteiger partial charge < -0.3 is 4.48 Å². The second-order valence-electron chi connectivity index (χ2n) is 9.20. The number of hydrogen-bond donors (Lipinski definition) is 0. The lowest BCUT2D eigenvalue weighted by Crippen LogP contribution is -2.44. The van der Waals surface area contributed by atoms with Crippen LogP contribution in [0.2, 0.25) is 0 Å². The van der Waals surface area contributed by atoms with Gasteiger partial charge in [-0.1, -0.05) is 114 Å². The molecular formula is C26H46NO+. The molecule has 0 bridgehead atoms. The molecule has 0 saturated carbocycles. The summed E-state index contributed by atoms with van der Waals surface area (Å²) in [5.74, 6) is 0.260. The molecule has 0 amide bonds. The zero-order chi connectivity index (χ0) is 20.5. The van der Waals surface area contributed by atoms with Crippen LogP contribution in [0.5, 0.6) is 0 Å². The molecular weight excluding hydrogens is 342 g/mol. The van der Waals surface area contributed by atoms with Crippen molar-refractivity contribution in [3.63, 3.8) is 0 Å². The van der Waals surface area contributed by atoms with Crippen molar-refractivity contribution in [2.24, 2.45) is 0 Å². The van der Waals surface area contributed by atoms with Crippen LogP contribution in [0.3, 0.4) is 0 Å². The van der Waals surface area contributed by atoms with E-state index in [0.717, 1.165) is 16.6 Å². The molecule has 0 atom stereocenters. The van der Waals surface area contributed by atoms with E-state index in [9.17, 15) is 4.79 Å². The molecule has 0 spiro atoms. The number of Topliss-reactive ketones (excluding diaryl/α,β-unsaturated/α-hetero) is 1. The number of benzene rings is 1. The Labute approximate surface area is 175 Å². The van der Waals surface area contributed by atoms with Crippen molar-refractivity contribution in [1.29, 1.82) is 0 Å². The smallest absolute Gasteiger partial charge is 0.216 e. The number of carbonyl (C=O) groups excluding carboxylic acids is 1. The van der Waals surface area contributed by atoms with Crippen LogP contribution in [0, 0.1) is 0 Å². The molecule has 1 aromatic rings. The molecule has 0 N–H and O–H groups in total. The van der Waals surface area contributed by atoms with E-state index in [2.05, 4.69) is 21.0 Å². The summed E-state index contributed by atoms with van der Waals surface area (Å²) in [6.07, 6.45) is 19.5. The first kappa shape index (κ1) is 24.9. The third-order valence-electron chi connectivity index (χ3n) is 5.78. The van der Waals surface area contributed by atoms with Gasteiger partial charge in [0.2, 0.25) is 5.78 Å². The topological polar surface area (TPSA) is 17.1 Å². The number of ketones is 1. The first-order chi connectivity index (χ1) is 13.5. The lowest BCUT2D eigenvalue weighted by atomic mass is 10.0. The van der Waals surface area contributed by atoms with Crippen LogP contribution in [0.1, 0.15) is 107 Å². The van der Waals surface area contributed by atoms with Gasteiger partial charge in [-0.05, 0) is 12.8 Å². The number of hydrogen-bond acceptors (Lipinski definition) is 1. The van der Waals surface area contributed by atoms with Crippen LogP contribution >= 0.6 is 0 Å². The lowest BCUT2D eigenvalue weighted by molar-refractivity contribution is -0.882. The van der Waals surface area contributed by atoms with Gasteiger partial charge in [-0.15, -0.1) is 0 Å². The van der Waals surface area contributed by atoms with Crippen LogP contribution in [0.4, 0.5) is 0 Å². The highest BCUT2D eigenvalue weighted by Gasteiger charge is 2.20. The highest BCUT2D eigenvalue weighted by molar-refractivity contribution is 5.96. The Hall–Kier alpha value is -1.15. The number of carbonyl (C=O) groups is 1. The van der Waals surface area contributed by atoms with Crippen LogP contribution in [-0.2, 0) is 0 Å². The lowest BCUT2D eigenvalue weighted by Gasteiger charge is -2.29. The van der Waals surface area contributed by atoms with Crippen molar-refractivity contribution in [1.82, 2.24) is 0 Å².